The number of nitrogens with zero attached hydrogens (tertiary/aromatic N) is 1. The Morgan fingerprint density at radius 2 is 2.37 bits per heavy atom. The Hall–Kier alpha value is -1.11. The number of carbonyl (C=O) groups excluding carboxylic acids is 1. The van der Waals surface area contributed by atoms with Crippen molar-refractivity contribution in [3.05, 3.63) is 23.8 Å². The van der Waals surface area contributed by atoms with Crippen LogP contribution in [0.4, 0.5) is 5.13 Å². The fraction of sp³-hybridized carbons (Fsp3) is 0.385. The molecule has 0 radical (unpaired) electrons. The molecule has 3 N–H and O–H groups in total. The molecule has 0 unspecified atom stereocenters. The third-order valence-corrected chi connectivity index (χ3v) is 4.32. The number of anilines is 1. The maximum Gasteiger partial charge on any atom is 0.243 e. The maximum atomic E-state index is 11.9. The molecule has 2 aromatic rings. The first kappa shape index (κ1) is 14.3. The minimum Gasteiger partial charge on any atom is -0.320 e. The SMILES string of the molecule is CSCC[C@H](N)C(=O)Nc1nc2ccc(C)cc2s1. The largest absolute Gasteiger partial charge is 0.320 e. The fourth-order valence-corrected chi connectivity index (χ4v) is 3.12. The average Bonchev–Trinajstić information content (AvgIpc) is 2.77. The van der Waals surface area contributed by atoms with Gasteiger partial charge in [-0.25, -0.2) is 4.98 Å². The summed E-state index contributed by atoms with van der Waals surface area (Å²) in [6.45, 7) is 2.04. The predicted octanol–water partition coefficient (Wildman–Crippen LogP) is 2.62. The van der Waals surface area contributed by atoms with Gasteiger partial charge in [0.1, 0.15) is 0 Å². The zero-order valence-electron chi connectivity index (χ0n) is 11.0. The van der Waals surface area contributed by atoms with Crippen molar-refractivity contribution in [3.8, 4) is 0 Å². The van der Waals surface area contributed by atoms with E-state index in [1.54, 1.807) is 11.8 Å². The maximum absolute atomic E-state index is 11.9. The Balaban J connectivity index is 2.06. The number of fused-ring (bicyclic) bond motifs is 1. The van der Waals surface area contributed by atoms with E-state index in [9.17, 15) is 4.79 Å². The first-order valence-corrected chi connectivity index (χ1v) is 8.24. The zero-order chi connectivity index (χ0) is 13.8. The molecular formula is C13H17N3OS2. The second-order valence-electron chi connectivity index (χ2n) is 4.37. The highest BCUT2D eigenvalue weighted by Gasteiger charge is 2.15. The number of aromatic nitrogens is 1. The summed E-state index contributed by atoms with van der Waals surface area (Å²) in [6.07, 6.45) is 2.68. The average molecular weight is 295 g/mol. The van der Waals surface area contributed by atoms with Crippen LogP contribution < -0.4 is 11.1 Å². The number of nitrogens with one attached hydrogen (secondary N) is 1. The van der Waals surface area contributed by atoms with Gasteiger partial charge >= 0.3 is 0 Å². The summed E-state index contributed by atoms with van der Waals surface area (Å²) >= 11 is 3.16. The smallest absolute Gasteiger partial charge is 0.243 e. The van der Waals surface area contributed by atoms with Crippen LogP contribution in [0.3, 0.4) is 0 Å². The molecule has 0 spiro atoms. The Morgan fingerprint density at radius 1 is 1.58 bits per heavy atom. The number of amides is 1. The van der Waals surface area contributed by atoms with Crippen LogP contribution in [0.2, 0.25) is 0 Å². The van der Waals surface area contributed by atoms with E-state index in [0.29, 0.717) is 11.6 Å². The summed E-state index contributed by atoms with van der Waals surface area (Å²) in [6, 6.07) is 5.57. The number of rotatable bonds is 5. The molecule has 1 atom stereocenters. The Kier molecular flexibility index (Phi) is 4.79. The molecule has 19 heavy (non-hydrogen) atoms. The van der Waals surface area contributed by atoms with Crippen LogP contribution in [0.25, 0.3) is 10.2 Å². The van der Waals surface area contributed by atoms with Gasteiger partial charge in [-0.1, -0.05) is 17.4 Å². The van der Waals surface area contributed by atoms with Gasteiger partial charge in [-0.15, -0.1) is 0 Å². The Labute approximate surface area is 120 Å². The van der Waals surface area contributed by atoms with Crippen molar-refractivity contribution in [2.75, 3.05) is 17.3 Å². The van der Waals surface area contributed by atoms with Crippen molar-refractivity contribution < 1.29 is 4.79 Å². The lowest BCUT2D eigenvalue weighted by molar-refractivity contribution is -0.117. The van der Waals surface area contributed by atoms with Gasteiger partial charge in [0.2, 0.25) is 5.91 Å². The summed E-state index contributed by atoms with van der Waals surface area (Å²) in [5, 5.41) is 3.41. The van der Waals surface area contributed by atoms with E-state index in [-0.39, 0.29) is 5.91 Å². The van der Waals surface area contributed by atoms with Gasteiger partial charge in [0, 0.05) is 0 Å². The van der Waals surface area contributed by atoms with Crippen molar-refractivity contribution in [2.45, 2.75) is 19.4 Å². The topological polar surface area (TPSA) is 68.0 Å². The first-order chi connectivity index (χ1) is 9.10. The minimum atomic E-state index is -0.471. The van der Waals surface area contributed by atoms with Gasteiger partial charge in [-0.2, -0.15) is 11.8 Å². The summed E-state index contributed by atoms with van der Waals surface area (Å²) in [7, 11) is 0. The van der Waals surface area contributed by atoms with Crippen LogP contribution in [0.5, 0.6) is 0 Å². The molecule has 0 saturated carbocycles. The third kappa shape index (κ3) is 3.68. The standard InChI is InChI=1S/C13H17N3OS2/c1-8-3-4-10-11(7-8)19-13(15-10)16-12(17)9(14)5-6-18-2/h3-4,7,9H,5-6,14H2,1-2H3,(H,15,16,17)/t9-/m0/s1. The van der Waals surface area contributed by atoms with E-state index in [2.05, 4.69) is 16.4 Å². The summed E-state index contributed by atoms with van der Waals surface area (Å²) in [4.78, 5) is 16.3. The van der Waals surface area contributed by atoms with Crippen molar-refractivity contribution in [2.24, 2.45) is 5.73 Å². The fourth-order valence-electron chi connectivity index (χ4n) is 1.66. The van der Waals surface area contributed by atoms with Gasteiger partial charge in [0.15, 0.2) is 5.13 Å². The molecule has 0 aliphatic rings. The Bertz CT molecular complexity index is 582. The van der Waals surface area contributed by atoms with Gasteiger partial charge in [0.25, 0.3) is 0 Å². The van der Waals surface area contributed by atoms with Crippen molar-refractivity contribution in [1.82, 2.24) is 4.98 Å². The van der Waals surface area contributed by atoms with Crippen molar-refractivity contribution >= 4 is 44.4 Å². The molecular weight excluding hydrogens is 278 g/mol. The lowest BCUT2D eigenvalue weighted by Gasteiger charge is -2.09. The first-order valence-electron chi connectivity index (χ1n) is 6.02. The quantitative estimate of drug-likeness (QED) is 0.890. The summed E-state index contributed by atoms with van der Waals surface area (Å²) in [5.41, 5.74) is 7.91. The lowest BCUT2D eigenvalue weighted by atomic mass is 10.2. The highest BCUT2D eigenvalue weighted by molar-refractivity contribution is 7.98. The Morgan fingerprint density at radius 3 is 3.11 bits per heavy atom. The molecule has 4 nitrogen and oxygen atoms in total. The van der Waals surface area contributed by atoms with Gasteiger partial charge < -0.3 is 11.1 Å². The van der Waals surface area contributed by atoms with Gasteiger partial charge in [-0.05, 0) is 43.0 Å². The van der Waals surface area contributed by atoms with Crippen LogP contribution in [-0.4, -0.2) is 28.9 Å². The minimum absolute atomic E-state index is 0.162. The monoisotopic (exact) mass is 295 g/mol. The van der Waals surface area contributed by atoms with E-state index < -0.39 is 6.04 Å². The molecule has 1 amide bonds. The molecule has 6 heteroatoms. The van der Waals surface area contributed by atoms with Gasteiger partial charge in [0.05, 0.1) is 16.3 Å². The van der Waals surface area contributed by atoms with E-state index in [4.69, 9.17) is 5.73 Å². The van der Waals surface area contributed by atoms with Crippen LogP contribution in [0, 0.1) is 6.92 Å². The van der Waals surface area contributed by atoms with Crippen molar-refractivity contribution in [3.63, 3.8) is 0 Å². The summed E-state index contributed by atoms with van der Waals surface area (Å²) < 4.78 is 1.08. The molecule has 0 fully saturated rings. The van der Waals surface area contributed by atoms with E-state index in [1.807, 2.05) is 25.3 Å². The molecule has 102 valence electrons. The van der Waals surface area contributed by atoms with E-state index in [1.165, 1.54) is 16.9 Å². The van der Waals surface area contributed by atoms with Crippen LogP contribution in [0.15, 0.2) is 18.2 Å². The third-order valence-electron chi connectivity index (χ3n) is 2.74. The van der Waals surface area contributed by atoms with Gasteiger partial charge in [-0.3, -0.25) is 4.79 Å². The van der Waals surface area contributed by atoms with Crippen LogP contribution >= 0.6 is 23.1 Å². The molecule has 2 rings (SSSR count). The number of hydrogen-bond donors (Lipinski definition) is 2. The highest BCUT2D eigenvalue weighted by Crippen LogP contribution is 2.26. The number of aryl methyl sites for hydroxylation is 1. The zero-order valence-corrected chi connectivity index (χ0v) is 12.6. The number of thiazole rings is 1. The van der Waals surface area contributed by atoms with E-state index in [0.717, 1.165) is 16.0 Å². The van der Waals surface area contributed by atoms with Crippen molar-refractivity contribution in [1.29, 1.82) is 0 Å². The van der Waals surface area contributed by atoms with Crippen LogP contribution in [0.1, 0.15) is 12.0 Å². The molecule has 0 saturated heterocycles. The van der Waals surface area contributed by atoms with E-state index >= 15 is 0 Å². The number of hydrogen-bond acceptors (Lipinski definition) is 5. The van der Waals surface area contributed by atoms with Crippen LogP contribution in [-0.2, 0) is 4.79 Å². The molecule has 0 bridgehead atoms. The number of benzene rings is 1. The highest BCUT2D eigenvalue weighted by atomic mass is 32.2. The molecule has 1 heterocycles. The second kappa shape index (κ2) is 6.36. The molecule has 0 aliphatic carbocycles. The lowest BCUT2D eigenvalue weighted by Crippen LogP contribution is -2.36. The molecule has 0 aliphatic heterocycles. The normalized spacial score (nSPS) is 12.6. The number of thioether (sulfide) groups is 1. The summed E-state index contributed by atoms with van der Waals surface area (Å²) in [5.74, 6) is 0.720. The predicted molar refractivity (Wildman–Crippen MR) is 84.0 cm³/mol. The number of nitrogens with two attached hydrogens (primary N) is 1. The molecule has 1 aromatic carbocycles. The number of carbonyl (C=O) groups is 1. The molecule has 1 aromatic heterocycles. The second-order valence-corrected chi connectivity index (χ2v) is 6.38.